The van der Waals surface area contributed by atoms with Gasteiger partial charge in [-0.25, -0.2) is 0 Å². The quantitative estimate of drug-likeness (QED) is 0.905. The third-order valence-corrected chi connectivity index (χ3v) is 4.55. The SMILES string of the molecule is CCN(C(=O)c1ccc(N(C)C)cc1)C1CCCC1CN. The van der Waals surface area contributed by atoms with Crippen LogP contribution in [-0.4, -0.2) is 44.0 Å². The van der Waals surface area contributed by atoms with Crippen molar-refractivity contribution in [2.75, 3.05) is 32.1 Å². The van der Waals surface area contributed by atoms with E-state index in [-0.39, 0.29) is 5.91 Å². The maximum Gasteiger partial charge on any atom is 0.254 e. The van der Waals surface area contributed by atoms with E-state index in [1.54, 1.807) is 0 Å². The van der Waals surface area contributed by atoms with Gasteiger partial charge in [-0.1, -0.05) is 6.42 Å². The van der Waals surface area contributed by atoms with Crippen LogP contribution in [0.1, 0.15) is 36.5 Å². The highest BCUT2D eigenvalue weighted by Gasteiger charge is 2.33. The van der Waals surface area contributed by atoms with E-state index < -0.39 is 0 Å². The van der Waals surface area contributed by atoms with E-state index in [0.29, 0.717) is 18.5 Å². The summed E-state index contributed by atoms with van der Waals surface area (Å²) in [4.78, 5) is 16.8. The van der Waals surface area contributed by atoms with Crippen molar-refractivity contribution in [2.24, 2.45) is 11.7 Å². The van der Waals surface area contributed by atoms with E-state index in [1.165, 1.54) is 6.42 Å². The van der Waals surface area contributed by atoms with Crippen molar-refractivity contribution in [3.63, 3.8) is 0 Å². The van der Waals surface area contributed by atoms with Gasteiger partial charge in [0.05, 0.1) is 0 Å². The monoisotopic (exact) mass is 289 g/mol. The Kier molecular flexibility index (Phi) is 5.23. The van der Waals surface area contributed by atoms with Crippen LogP contribution >= 0.6 is 0 Å². The molecule has 0 heterocycles. The zero-order valence-electron chi connectivity index (χ0n) is 13.4. The second-order valence-corrected chi connectivity index (χ2v) is 6.03. The van der Waals surface area contributed by atoms with Crippen LogP contribution < -0.4 is 10.6 Å². The summed E-state index contributed by atoms with van der Waals surface area (Å²) in [6.07, 6.45) is 3.40. The van der Waals surface area contributed by atoms with Gasteiger partial charge in [-0.2, -0.15) is 0 Å². The minimum absolute atomic E-state index is 0.133. The van der Waals surface area contributed by atoms with Gasteiger partial charge in [0.15, 0.2) is 0 Å². The molecule has 1 aromatic carbocycles. The summed E-state index contributed by atoms with van der Waals surface area (Å²) in [6, 6.07) is 8.15. The number of benzene rings is 1. The highest BCUT2D eigenvalue weighted by Crippen LogP contribution is 2.30. The molecular formula is C17H27N3O. The number of anilines is 1. The van der Waals surface area contributed by atoms with Crippen LogP contribution in [0.3, 0.4) is 0 Å². The number of hydrogen-bond donors (Lipinski definition) is 1. The number of carbonyl (C=O) groups is 1. The second kappa shape index (κ2) is 6.94. The van der Waals surface area contributed by atoms with Crippen molar-refractivity contribution in [3.8, 4) is 0 Å². The molecule has 1 aliphatic rings. The molecule has 1 aliphatic carbocycles. The smallest absolute Gasteiger partial charge is 0.254 e. The Bertz CT molecular complexity index is 469. The third kappa shape index (κ3) is 3.38. The molecule has 1 fully saturated rings. The summed E-state index contributed by atoms with van der Waals surface area (Å²) < 4.78 is 0. The topological polar surface area (TPSA) is 49.6 Å². The summed E-state index contributed by atoms with van der Waals surface area (Å²) in [7, 11) is 4.00. The third-order valence-electron chi connectivity index (χ3n) is 4.55. The van der Waals surface area contributed by atoms with Crippen molar-refractivity contribution in [3.05, 3.63) is 29.8 Å². The summed E-state index contributed by atoms with van der Waals surface area (Å²) in [5.74, 6) is 0.586. The van der Waals surface area contributed by atoms with E-state index in [1.807, 2.05) is 48.2 Å². The first-order valence-electron chi connectivity index (χ1n) is 7.86. The average molecular weight is 289 g/mol. The fourth-order valence-corrected chi connectivity index (χ4v) is 3.30. The lowest BCUT2D eigenvalue weighted by atomic mass is 10.0. The van der Waals surface area contributed by atoms with Crippen LogP contribution in [0, 0.1) is 5.92 Å². The Morgan fingerprint density at radius 3 is 2.43 bits per heavy atom. The molecule has 4 heteroatoms. The number of hydrogen-bond acceptors (Lipinski definition) is 3. The molecule has 0 bridgehead atoms. The Hall–Kier alpha value is -1.55. The zero-order chi connectivity index (χ0) is 15.4. The molecule has 0 aromatic heterocycles. The molecule has 1 saturated carbocycles. The summed E-state index contributed by atoms with van der Waals surface area (Å²) in [6.45, 7) is 3.47. The Morgan fingerprint density at radius 1 is 1.24 bits per heavy atom. The first kappa shape index (κ1) is 15.8. The van der Waals surface area contributed by atoms with Gasteiger partial charge in [-0.15, -0.1) is 0 Å². The molecule has 21 heavy (non-hydrogen) atoms. The van der Waals surface area contributed by atoms with Crippen LogP contribution in [0.5, 0.6) is 0 Å². The second-order valence-electron chi connectivity index (χ2n) is 6.03. The van der Waals surface area contributed by atoms with Gasteiger partial charge < -0.3 is 15.5 Å². The molecule has 0 aliphatic heterocycles. The van der Waals surface area contributed by atoms with Gasteiger partial charge in [-0.3, -0.25) is 4.79 Å². The lowest BCUT2D eigenvalue weighted by Crippen LogP contribution is -2.44. The highest BCUT2D eigenvalue weighted by molar-refractivity contribution is 5.94. The number of carbonyl (C=O) groups excluding carboxylic acids is 1. The van der Waals surface area contributed by atoms with Crippen molar-refractivity contribution >= 4 is 11.6 Å². The normalized spacial score (nSPS) is 21.3. The van der Waals surface area contributed by atoms with Gasteiger partial charge in [0, 0.05) is 37.9 Å². The van der Waals surface area contributed by atoms with Gasteiger partial charge in [0.2, 0.25) is 0 Å². The predicted octanol–water partition coefficient (Wildman–Crippen LogP) is 2.34. The number of rotatable bonds is 5. The average Bonchev–Trinajstić information content (AvgIpc) is 2.96. The fourth-order valence-electron chi connectivity index (χ4n) is 3.30. The molecule has 0 saturated heterocycles. The van der Waals surface area contributed by atoms with Gasteiger partial charge in [0.25, 0.3) is 5.91 Å². The molecule has 2 rings (SSSR count). The zero-order valence-corrected chi connectivity index (χ0v) is 13.4. The highest BCUT2D eigenvalue weighted by atomic mass is 16.2. The van der Waals surface area contributed by atoms with E-state index in [4.69, 9.17) is 5.73 Å². The van der Waals surface area contributed by atoms with Crippen LogP contribution in [0.2, 0.25) is 0 Å². The summed E-state index contributed by atoms with van der Waals surface area (Å²) in [5.41, 5.74) is 7.74. The van der Waals surface area contributed by atoms with Crippen molar-refractivity contribution < 1.29 is 4.79 Å². The van der Waals surface area contributed by atoms with Crippen LogP contribution in [-0.2, 0) is 0 Å². The van der Waals surface area contributed by atoms with Crippen molar-refractivity contribution in [1.82, 2.24) is 4.90 Å². The van der Waals surface area contributed by atoms with Gasteiger partial charge >= 0.3 is 0 Å². The molecule has 1 amide bonds. The molecule has 2 N–H and O–H groups in total. The van der Waals surface area contributed by atoms with Crippen LogP contribution in [0.15, 0.2) is 24.3 Å². The molecule has 0 radical (unpaired) electrons. The predicted molar refractivity (Wildman–Crippen MR) is 87.7 cm³/mol. The van der Waals surface area contributed by atoms with E-state index in [2.05, 4.69) is 6.92 Å². The Balaban J connectivity index is 2.16. The molecular weight excluding hydrogens is 262 g/mol. The van der Waals surface area contributed by atoms with Crippen molar-refractivity contribution in [1.29, 1.82) is 0 Å². The maximum atomic E-state index is 12.8. The van der Waals surface area contributed by atoms with E-state index in [9.17, 15) is 4.79 Å². The first-order chi connectivity index (χ1) is 10.1. The standard InChI is InChI=1S/C17H27N3O/c1-4-20(16-7-5-6-14(16)12-18)17(21)13-8-10-15(11-9-13)19(2)3/h8-11,14,16H,4-7,12,18H2,1-3H3. The Labute approximate surface area is 127 Å². The lowest BCUT2D eigenvalue weighted by Gasteiger charge is -2.32. The molecule has 0 spiro atoms. The summed E-state index contributed by atoms with van der Waals surface area (Å²) >= 11 is 0. The number of nitrogens with zero attached hydrogens (tertiary/aromatic N) is 2. The number of amides is 1. The molecule has 2 atom stereocenters. The maximum absolute atomic E-state index is 12.8. The first-order valence-corrected chi connectivity index (χ1v) is 7.86. The molecule has 1 aromatic rings. The van der Waals surface area contributed by atoms with E-state index >= 15 is 0 Å². The van der Waals surface area contributed by atoms with Crippen LogP contribution in [0.25, 0.3) is 0 Å². The summed E-state index contributed by atoms with van der Waals surface area (Å²) in [5, 5.41) is 0. The largest absolute Gasteiger partial charge is 0.378 e. The van der Waals surface area contributed by atoms with Crippen molar-refractivity contribution in [2.45, 2.75) is 32.2 Å². The molecule has 116 valence electrons. The molecule has 2 unspecified atom stereocenters. The lowest BCUT2D eigenvalue weighted by molar-refractivity contribution is 0.0652. The minimum atomic E-state index is 0.133. The molecule has 4 nitrogen and oxygen atoms in total. The minimum Gasteiger partial charge on any atom is -0.378 e. The fraction of sp³-hybridized carbons (Fsp3) is 0.588. The van der Waals surface area contributed by atoms with Gasteiger partial charge in [0.1, 0.15) is 0 Å². The Morgan fingerprint density at radius 2 is 1.90 bits per heavy atom. The number of nitrogens with two attached hydrogens (primary N) is 1. The van der Waals surface area contributed by atoms with E-state index in [0.717, 1.165) is 30.6 Å². The van der Waals surface area contributed by atoms with Crippen LogP contribution in [0.4, 0.5) is 5.69 Å². The van der Waals surface area contributed by atoms with Gasteiger partial charge in [-0.05, 0) is 56.5 Å².